The molecule has 126 valence electrons. The zero-order valence-corrected chi connectivity index (χ0v) is 13.7. The number of ether oxygens (including phenoxy) is 1. The Morgan fingerprint density at radius 3 is 2.71 bits per heavy atom. The Morgan fingerprint density at radius 1 is 1.25 bits per heavy atom. The standard InChI is InChI=1S/C14H10F2N2O4S2/c1-22-14-17-10-3-2-8(6-11(10)23-14)18-24(20,21)12-5-7(15)4-9(16)13(12)19/h2-6,18-19H,1H3. The van der Waals surface area contributed by atoms with Gasteiger partial charge in [0.25, 0.3) is 15.2 Å². The fraction of sp³-hybridized carbons (Fsp3) is 0.0714. The number of nitrogens with zero attached hydrogens (tertiary/aromatic N) is 1. The second kappa shape index (κ2) is 5.87. The first kappa shape index (κ1) is 16.4. The summed E-state index contributed by atoms with van der Waals surface area (Å²) in [5.41, 5.74) is 0.761. The molecule has 0 saturated carbocycles. The normalized spacial score (nSPS) is 11.6. The molecular weight excluding hydrogens is 362 g/mol. The number of aromatic hydroxyl groups is 1. The van der Waals surface area contributed by atoms with Gasteiger partial charge < -0.3 is 9.84 Å². The monoisotopic (exact) mass is 372 g/mol. The second-order valence-electron chi connectivity index (χ2n) is 4.71. The molecule has 10 heteroatoms. The lowest BCUT2D eigenvalue weighted by Gasteiger charge is -2.10. The van der Waals surface area contributed by atoms with E-state index in [2.05, 4.69) is 9.71 Å². The number of halogens is 2. The smallest absolute Gasteiger partial charge is 0.274 e. The van der Waals surface area contributed by atoms with Crippen molar-refractivity contribution < 1.29 is 27.0 Å². The SMILES string of the molecule is COc1nc2ccc(NS(=O)(=O)c3cc(F)cc(F)c3O)cc2s1. The van der Waals surface area contributed by atoms with Crippen molar-refractivity contribution in [2.24, 2.45) is 0 Å². The number of phenolic OH excluding ortho intramolecular Hbond substituents is 1. The predicted molar refractivity (Wildman–Crippen MR) is 85.0 cm³/mol. The molecule has 0 radical (unpaired) electrons. The van der Waals surface area contributed by atoms with Crippen LogP contribution in [-0.4, -0.2) is 25.6 Å². The molecule has 0 fully saturated rings. The van der Waals surface area contributed by atoms with E-state index in [1.54, 1.807) is 6.07 Å². The highest BCUT2D eigenvalue weighted by molar-refractivity contribution is 7.92. The molecule has 0 aliphatic carbocycles. The van der Waals surface area contributed by atoms with Gasteiger partial charge in [0.15, 0.2) is 11.6 Å². The number of aromatic nitrogens is 1. The van der Waals surface area contributed by atoms with Gasteiger partial charge in [-0.05, 0) is 24.3 Å². The number of thiazole rings is 1. The first-order chi connectivity index (χ1) is 11.3. The molecule has 24 heavy (non-hydrogen) atoms. The molecule has 0 aliphatic heterocycles. The number of nitrogens with one attached hydrogen (secondary N) is 1. The van der Waals surface area contributed by atoms with Crippen LogP contribution in [0.5, 0.6) is 10.9 Å². The van der Waals surface area contributed by atoms with Crippen molar-refractivity contribution in [3.63, 3.8) is 0 Å². The summed E-state index contributed by atoms with van der Waals surface area (Å²) in [7, 11) is -2.92. The molecule has 0 amide bonds. The summed E-state index contributed by atoms with van der Waals surface area (Å²) in [5.74, 6) is -3.63. The van der Waals surface area contributed by atoms with Crippen molar-refractivity contribution in [1.82, 2.24) is 4.98 Å². The van der Waals surface area contributed by atoms with Crippen molar-refractivity contribution in [3.8, 4) is 10.9 Å². The Bertz CT molecular complexity index is 1030. The molecule has 0 saturated heterocycles. The van der Waals surface area contributed by atoms with E-state index in [0.717, 1.165) is 0 Å². The van der Waals surface area contributed by atoms with Crippen molar-refractivity contribution in [2.45, 2.75) is 4.90 Å². The second-order valence-corrected chi connectivity index (χ2v) is 7.35. The Labute approximate surface area is 139 Å². The van der Waals surface area contributed by atoms with Crippen LogP contribution < -0.4 is 9.46 Å². The Kier molecular flexibility index (Phi) is 4.01. The van der Waals surface area contributed by atoms with Gasteiger partial charge >= 0.3 is 0 Å². The maximum absolute atomic E-state index is 13.4. The van der Waals surface area contributed by atoms with Gasteiger partial charge in [-0.3, -0.25) is 4.72 Å². The average molecular weight is 372 g/mol. The molecule has 3 rings (SSSR count). The lowest BCUT2D eigenvalue weighted by molar-refractivity contribution is 0.412. The molecule has 2 N–H and O–H groups in total. The zero-order chi connectivity index (χ0) is 17.5. The molecule has 6 nitrogen and oxygen atoms in total. The summed E-state index contributed by atoms with van der Waals surface area (Å²) in [6, 6.07) is 5.43. The van der Waals surface area contributed by atoms with E-state index in [1.165, 1.54) is 30.6 Å². The maximum atomic E-state index is 13.4. The van der Waals surface area contributed by atoms with Gasteiger partial charge in [-0.1, -0.05) is 11.3 Å². The van der Waals surface area contributed by atoms with Crippen LogP contribution >= 0.6 is 11.3 Å². The van der Waals surface area contributed by atoms with E-state index in [-0.39, 0.29) is 5.69 Å². The molecule has 2 aromatic carbocycles. The summed E-state index contributed by atoms with van der Waals surface area (Å²) < 4.78 is 59.0. The number of phenols is 1. The first-order valence-corrected chi connectivity index (χ1v) is 8.75. The van der Waals surface area contributed by atoms with Crippen LogP contribution in [-0.2, 0) is 10.0 Å². The summed E-state index contributed by atoms with van der Waals surface area (Å²) in [6.45, 7) is 0. The van der Waals surface area contributed by atoms with E-state index in [4.69, 9.17) is 4.74 Å². The molecule has 3 aromatic rings. The van der Waals surface area contributed by atoms with Crippen LogP contribution in [0.1, 0.15) is 0 Å². The minimum atomic E-state index is -4.38. The van der Waals surface area contributed by atoms with Gasteiger partial charge in [0.1, 0.15) is 10.7 Å². The van der Waals surface area contributed by atoms with Crippen LogP contribution in [0.4, 0.5) is 14.5 Å². The predicted octanol–water partition coefficient (Wildman–Crippen LogP) is 3.09. The summed E-state index contributed by atoms with van der Waals surface area (Å²) in [5, 5.41) is 9.97. The Hall–Kier alpha value is -2.46. The topological polar surface area (TPSA) is 88.5 Å². The van der Waals surface area contributed by atoms with E-state index >= 15 is 0 Å². The number of hydrogen-bond acceptors (Lipinski definition) is 6. The highest BCUT2D eigenvalue weighted by Crippen LogP contribution is 2.32. The molecule has 1 aromatic heterocycles. The number of anilines is 1. The number of sulfonamides is 1. The van der Waals surface area contributed by atoms with Crippen molar-refractivity contribution in [2.75, 3.05) is 11.8 Å². The van der Waals surface area contributed by atoms with Crippen LogP contribution in [0.25, 0.3) is 10.2 Å². The Balaban J connectivity index is 2.00. The van der Waals surface area contributed by atoms with Gasteiger partial charge in [0, 0.05) is 6.07 Å². The van der Waals surface area contributed by atoms with Crippen LogP contribution in [0.2, 0.25) is 0 Å². The van der Waals surface area contributed by atoms with Crippen LogP contribution in [0.15, 0.2) is 35.2 Å². The molecular formula is C14H10F2N2O4S2. The van der Waals surface area contributed by atoms with E-state index in [1.807, 2.05) is 0 Å². The third-order valence-corrected chi connectivity index (χ3v) is 5.45. The fourth-order valence-corrected chi connectivity index (χ4v) is 4.00. The number of rotatable bonds is 4. The van der Waals surface area contributed by atoms with Gasteiger partial charge in [-0.2, -0.15) is 0 Å². The molecule has 0 aliphatic rings. The van der Waals surface area contributed by atoms with Crippen molar-refractivity contribution in [3.05, 3.63) is 42.0 Å². The van der Waals surface area contributed by atoms with Crippen molar-refractivity contribution in [1.29, 1.82) is 0 Å². The van der Waals surface area contributed by atoms with Gasteiger partial charge in [-0.25, -0.2) is 22.2 Å². The molecule has 0 atom stereocenters. The lowest BCUT2D eigenvalue weighted by atomic mass is 10.3. The summed E-state index contributed by atoms with van der Waals surface area (Å²) in [6.07, 6.45) is 0. The lowest BCUT2D eigenvalue weighted by Crippen LogP contribution is -2.14. The molecule has 0 spiro atoms. The minimum Gasteiger partial charge on any atom is -0.504 e. The maximum Gasteiger partial charge on any atom is 0.274 e. The number of methoxy groups -OCH3 is 1. The Morgan fingerprint density at radius 2 is 2.00 bits per heavy atom. The first-order valence-electron chi connectivity index (χ1n) is 6.45. The molecule has 0 bridgehead atoms. The minimum absolute atomic E-state index is 0.151. The van der Waals surface area contributed by atoms with Crippen LogP contribution in [0.3, 0.4) is 0 Å². The highest BCUT2D eigenvalue weighted by atomic mass is 32.2. The van der Waals surface area contributed by atoms with E-state index in [0.29, 0.717) is 27.5 Å². The third kappa shape index (κ3) is 2.97. The zero-order valence-electron chi connectivity index (χ0n) is 12.1. The summed E-state index contributed by atoms with van der Waals surface area (Å²) >= 11 is 1.20. The van der Waals surface area contributed by atoms with Crippen molar-refractivity contribution >= 4 is 37.3 Å². The fourth-order valence-electron chi connectivity index (χ4n) is 2.01. The largest absolute Gasteiger partial charge is 0.504 e. The number of fused-ring (bicyclic) bond motifs is 1. The number of hydrogen-bond donors (Lipinski definition) is 2. The van der Waals surface area contributed by atoms with E-state index < -0.39 is 32.3 Å². The van der Waals surface area contributed by atoms with Gasteiger partial charge in [0.2, 0.25) is 0 Å². The van der Waals surface area contributed by atoms with E-state index in [9.17, 15) is 22.3 Å². The summed E-state index contributed by atoms with van der Waals surface area (Å²) in [4.78, 5) is 3.26. The van der Waals surface area contributed by atoms with Gasteiger partial charge in [0.05, 0.1) is 23.0 Å². The van der Waals surface area contributed by atoms with Crippen LogP contribution in [0, 0.1) is 11.6 Å². The highest BCUT2D eigenvalue weighted by Gasteiger charge is 2.23. The quantitative estimate of drug-likeness (QED) is 0.735. The average Bonchev–Trinajstić information content (AvgIpc) is 2.92. The number of benzene rings is 2. The van der Waals surface area contributed by atoms with Gasteiger partial charge in [-0.15, -0.1) is 0 Å². The third-order valence-electron chi connectivity index (χ3n) is 3.08. The molecule has 0 unspecified atom stereocenters. The molecule has 1 heterocycles.